The second-order valence-electron chi connectivity index (χ2n) is 6.89. The van der Waals surface area contributed by atoms with E-state index in [4.69, 9.17) is 0 Å². The summed E-state index contributed by atoms with van der Waals surface area (Å²) in [5.41, 5.74) is 5.91. The predicted molar refractivity (Wildman–Crippen MR) is 106 cm³/mol. The third kappa shape index (κ3) is 2.89. The lowest BCUT2D eigenvalue weighted by Gasteiger charge is -2.27. The minimum absolute atomic E-state index is 0.0445. The van der Waals surface area contributed by atoms with Gasteiger partial charge in [-0.15, -0.1) is 0 Å². The van der Waals surface area contributed by atoms with Gasteiger partial charge < -0.3 is 9.47 Å². The Labute approximate surface area is 162 Å². The van der Waals surface area contributed by atoms with E-state index < -0.39 is 0 Å². The minimum Gasteiger partial charge on any atom is -0.334 e. The number of nitrogens with zero attached hydrogens (tertiary/aromatic N) is 4. The number of carbonyl (C=O) groups excluding carboxylic acids is 1. The maximum absolute atomic E-state index is 13.1. The van der Waals surface area contributed by atoms with E-state index in [2.05, 4.69) is 15.2 Å². The van der Waals surface area contributed by atoms with Gasteiger partial charge in [0.2, 0.25) is 0 Å². The number of amides is 1. The first-order chi connectivity index (χ1) is 13.8. The average Bonchev–Trinajstić information content (AvgIpc) is 3.44. The van der Waals surface area contributed by atoms with Crippen molar-refractivity contribution in [3.8, 4) is 16.9 Å². The maximum atomic E-state index is 13.1. The molecule has 1 aliphatic rings. The van der Waals surface area contributed by atoms with Crippen LogP contribution in [0.1, 0.15) is 21.6 Å². The van der Waals surface area contributed by atoms with Gasteiger partial charge in [-0.05, 0) is 24.3 Å². The quantitative estimate of drug-likeness (QED) is 0.601. The smallest absolute Gasteiger partial charge is 0.254 e. The van der Waals surface area contributed by atoms with Gasteiger partial charge in [-0.3, -0.25) is 9.89 Å². The fourth-order valence-electron chi connectivity index (χ4n) is 3.67. The molecule has 0 spiro atoms. The second-order valence-corrected chi connectivity index (χ2v) is 6.89. The lowest BCUT2D eigenvalue weighted by molar-refractivity contribution is 0.0734. The van der Waals surface area contributed by atoms with Crippen LogP contribution in [0.15, 0.2) is 73.3 Å². The summed E-state index contributed by atoms with van der Waals surface area (Å²) in [6.45, 7) is 1.25. The number of imidazole rings is 1. The molecule has 0 unspecified atom stereocenters. The fraction of sp³-hybridized carbons (Fsp3) is 0.136. The molecule has 4 aromatic rings. The van der Waals surface area contributed by atoms with Gasteiger partial charge in [0.1, 0.15) is 0 Å². The lowest BCUT2D eigenvalue weighted by Crippen LogP contribution is -2.35. The normalized spacial score (nSPS) is 13.4. The zero-order valence-corrected chi connectivity index (χ0v) is 15.2. The number of fused-ring (bicyclic) bond motifs is 1. The van der Waals surface area contributed by atoms with Crippen molar-refractivity contribution in [1.82, 2.24) is 24.6 Å². The Hall–Kier alpha value is -3.67. The van der Waals surface area contributed by atoms with Crippen molar-refractivity contribution >= 4 is 5.91 Å². The van der Waals surface area contributed by atoms with E-state index in [9.17, 15) is 4.79 Å². The van der Waals surface area contributed by atoms with Gasteiger partial charge in [0, 0.05) is 60.0 Å². The Kier molecular flexibility index (Phi) is 4.01. The number of hydrogen-bond acceptors (Lipinski definition) is 3. The highest BCUT2D eigenvalue weighted by atomic mass is 16.2. The van der Waals surface area contributed by atoms with Gasteiger partial charge in [0.15, 0.2) is 0 Å². The Bertz CT molecular complexity index is 1100. The summed E-state index contributed by atoms with van der Waals surface area (Å²) in [5, 5.41) is 7.65. The minimum atomic E-state index is 0.0445. The van der Waals surface area contributed by atoms with Crippen LogP contribution in [-0.2, 0) is 13.0 Å². The van der Waals surface area contributed by atoms with E-state index in [1.165, 1.54) is 0 Å². The molecule has 2 aromatic heterocycles. The van der Waals surface area contributed by atoms with Gasteiger partial charge in [0.25, 0.3) is 5.91 Å². The molecule has 0 saturated heterocycles. The number of carbonyl (C=O) groups is 1. The fourth-order valence-corrected chi connectivity index (χ4v) is 3.67. The third-order valence-corrected chi connectivity index (χ3v) is 5.18. The predicted octanol–water partition coefficient (Wildman–Crippen LogP) is 3.46. The molecule has 0 atom stereocenters. The van der Waals surface area contributed by atoms with E-state index >= 15 is 0 Å². The van der Waals surface area contributed by atoms with E-state index in [1.54, 1.807) is 12.5 Å². The van der Waals surface area contributed by atoms with Crippen molar-refractivity contribution in [2.75, 3.05) is 6.54 Å². The highest BCUT2D eigenvalue weighted by Crippen LogP contribution is 2.29. The van der Waals surface area contributed by atoms with Gasteiger partial charge in [-0.2, -0.15) is 5.10 Å². The highest BCUT2D eigenvalue weighted by molar-refractivity contribution is 5.94. The molecule has 0 bridgehead atoms. The Morgan fingerprint density at radius 2 is 1.86 bits per heavy atom. The summed E-state index contributed by atoms with van der Waals surface area (Å²) in [7, 11) is 0. The summed E-state index contributed by atoms with van der Waals surface area (Å²) >= 11 is 0. The Balaban J connectivity index is 1.39. The molecular formula is C22H19N5O. The Morgan fingerprint density at radius 1 is 1.04 bits per heavy atom. The molecule has 6 nitrogen and oxygen atoms in total. The van der Waals surface area contributed by atoms with Crippen LogP contribution in [-0.4, -0.2) is 37.1 Å². The van der Waals surface area contributed by atoms with Crippen LogP contribution in [0.25, 0.3) is 16.9 Å². The van der Waals surface area contributed by atoms with Gasteiger partial charge in [-0.1, -0.05) is 30.3 Å². The summed E-state index contributed by atoms with van der Waals surface area (Å²) in [5.74, 6) is 0.0445. The number of hydrogen-bond donors (Lipinski definition) is 1. The van der Waals surface area contributed by atoms with Crippen LogP contribution in [0.4, 0.5) is 0 Å². The molecule has 2 aromatic carbocycles. The first-order valence-electron chi connectivity index (χ1n) is 9.29. The third-order valence-electron chi connectivity index (χ3n) is 5.18. The zero-order chi connectivity index (χ0) is 18.9. The molecule has 1 N–H and O–H groups in total. The molecule has 28 heavy (non-hydrogen) atoms. The lowest BCUT2D eigenvalue weighted by atomic mass is 10.0. The van der Waals surface area contributed by atoms with Crippen molar-refractivity contribution in [3.63, 3.8) is 0 Å². The van der Waals surface area contributed by atoms with Crippen LogP contribution in [0.2, 0.25) is 0 Å². The summed E-state index contributed by atoms with van der Waals surface area (Å²) < 4.78 is 1.92. The monoisotopic (exact) mass is 369 g/mol. The molecule has 1 aliphatic heterocycles. The largest absolute Gasteiger partial charge is 0.334 e. The van der Waals surface area contributed by atoms with Crippen molar-refractivity contribution in [2.45, 2.75) is 13.0 Å². The second kappa shape index (κ2) is 6.81. The van der Waals surface area contributed by atoms with Gasteiger partial charge in [0.05, 0.1) is 12.0 Å². The van der Waals surface area contributed by atoms with Crippen LogP contribution < -0.4 is 0 Å². The summed E-state index contributed by atoms with van der Waals surface area (Å²) in [6.07, 6.45) is 6.15. The number of benzene rings is 2. The van der Waals surface area contributed by atoms with Crippen LogP contribution >= 0.6 is 0 Å². The summed E-state index contributed by atoms with van der Waals surface area (Å²) in [4.78, 5) is 19.0. The molecule has 5 rings (SSSR count). The number of aromatic nitrogens is 4. The van der Waals surface area contributed by atoms with Gasteiger partial charge >= 0.3 is 0 Å². The highest BCUT2D eigenvalue weighted by Gasteiger charge is 2.26. The Morgan fingerprint density at radius 3 is 2.61 bits per heavy atom. The van der Waals surface area contributed by atoms with Crippen LogP contribution in [0, 0.1) is 0 Å². The topological polar surface area (TPSA) is 66.8 Å². The van der Waals surface area contributed by atoms with E-state index in [0.717, 1.165) is 34.6 Å². The molecule has 6 heteroatoms. The first-order valence-corrected chi connectivity index (χ1v) is 9.29. The van der Waals surface area contributed by atoms with Crippen molar-refractivity contribution in [2.24, 2.45) is 0 Å². The number of nitrogens with one attached hydrogen (secondary N) is 1. The van der Waals surface area contributed by atoms with Crippen LogP contribution in [0.3, 0.4) is 0 Å². The standard InChI is InChI=1S/C22H19N5O/c28-22(17-6-8-18(9-7-17)27-13-11-23-15-27)26-12-10-20-19(14-26)21(25-24-20)16-4-2-1-3-5-16/h1-9,11,13,15H,10,12,14H2,(H,24,25). The zero-order valence-electron chi connectivity index (χ0n) is 15.2. The first kappa shape index (κ1) is 16.5. The van der Waals surface area contributed by atoms with Gasteiger partial charge in [-0.25, -0.2) is 4.98 Å². The van der Waals surface area contributed by atoms with E-state index in [-0.39, 0.29) is 5.91 Å². The van der Waals surface area contributed by atoms with E-state index in [0.29, 0.717) is 18.7 Å². The van der Waals surface area contributed by atoms with Crippen molar-refractivity contribution in [1.29, 1.82) is 0 Å². The molecule has 0 radical (unpaired) electrons. The molecule has 0 aliphatic carbocycles. The molecule has 0 saturated carbocycles. The molecule has 138 valence electrons. The molecule has 1 amide bonds. The number of aromatic amines is 1. The number of rotatable bonds is 3. The molecular weight excluding hydrogens is 350 g/mol. The molecule has 0 fully saturated rings. The van der Waals surface area contributed by atoms with Crippen LogP contribution in [0.5, 0.6) is 0 Å². The summed E-state index contributed by atoms with van der Waals surface area (Å²) in [6, 6.07) is 17.7. The SMILES string of the molecule is O=C(c1ccc(-n2ccnc2)cc1)N1CCc2[nH]nc(-c3ccccc3)c2C1. The average molecular weight is 369 g/mol. The van der Waals surface area contributed by atoms with Crippen molar-refractivity contribution < 1.29 is 4.79 Å². The van der Waals surface area contributed by atoms with Crippen molar-refractivity contribution in [3.05, 3.63) is 90.1 Å². The van der Waals surface area contributed by atoms with E-state index in [1.807, 2.05) is 70.3 Å². The maximum Gasteiger partial charge on any atom is 0.254 e. The molecule has 3 heterocycles. The number of H-pyrrole nitrogens is 1.